The van der Waals surface area contributed by atoms with Crippen molar-refractivity contribution in [2.75, 3.05) is 20.8 Å². The molecule has 6 heteroatoms. The topological polar surface area (TPSA) is 73.6 Å². The van der Waals surface area contributed by atoms with Gasteiger partial charge >= 0.3 is 0 Å². The molecule has 0 radical (unpaired) electrons. The van der Waals surface area contributed by atoms with Gasteiger partial charge in [0.05, 0.1) is 14.2 Å². The number of nitrogens with one attached hydrogen (secondary N) is 1. The van der Waals surface area contributed by atoms with Crippen LogP contribution < -0.4 is 20.5 Å². The minimum Gasteiger partial charge on any atom is -0.493 e. The molecule has 0 aromatic heterocycles. The maximum absolute atomic E-state index is 11.8. The van der Waals surface area contributed by atoms with E-state index in [9.17, 15) is 4.79 Å². The van der Waals surface area contributed by atoms with Crippen LogP contribution in [0.1, 0.15) is 25.8 Å². The lowest BCUT2D eigenvalue weighted by Gasteiger charge is -2.15. The lowest BCUT2D eigenvalue weighted by Crippen LogP contribution is -2.39. The van der Waals surface area contributed by atoms with Gasteiger partial charge in [0.2, 0.25) is 5.91 Å². The SMILES string of the molecule is COc1ccc(CCCNC(=O)C(C)C(C)N)cc1OC.Cl. The number of rotatable bonds is 8. The predicted molar refractivity (Wildman–Crippen MR) is 90.9 cm³/mol. The molecule has 0 saturated heterocycles. The molecule has 3 N–H and O–H groups in total. The third kappa shape index (κ3) is 6.12. The molecule has 126 valence electrons. The van der Waals surface area contributed by atoms with Gasteiger partial charge in [-0.05, 0) is 37.5 Å². The Morgan fingerprint density at radius 3 is 2.41 bits per heavy atom. The lowest BCUT2D eigenvalue weighted by molar-refractivity contribution is -0.124. The van der Waals surface area contributed by atoms with Gasteiger partial charge < -0.3 is 20.5 Å². The summed E-state index contributed by atoms with van der Waals surface area (Å²) in [6.45, 7) is 4.33. The number of carbonyl (C=O) groups excluding carboxylic acids is 1. The molecular weight excluding hydrogens is 304 g/mol. The first-order valence-electron chi connectivity index (χ1n) is 7.23. The van der Waals surface area contributed by atoms with Gasteiger partial charge in [0.1, 0.15) is 0 Å². The first-order chi connectivity index (χ1) is 9.99. The summed E-state index contributed by atoms with van der Waals surface area (Å²) in [6, 6.07) is 5.74. The number of carbonyl (C=O) groups is 1. The highest BCUT2D eigenvalue weighted by atomic mass is 35.5. The van der Waals surface area contributed by atoms with E-state index in [-0.39, 0.29) is 30.3 Å². The second-order valence-corrected chi connectivity index (χ2v) is 5.23. The molecule has 1 aromatic carbocycles. The molecule has 0 aliphatic rings. The van der Waals surface area contributed by atoms with E-state index in [1.54, 1.807) is 14.2 Å². The first-order valence-corrected chi connectivity index (χ1v) is 7.23. The van der Waals surface area contributed by atoms with Crippen molar-refractivity contribution in [1.82, 2.24) is 5.32 Å². The summed E-state index contributed by atoms with van der Waals surface area (Å²) in [5.41, 5.74) is 6.86. The summed E-state index contributed by atoms with van der Waals surface area (Å²) in [4.78, 5) is 11.8. The molecule has 2 atom stereocenters. The first kappa shape index (κ1) is 20.5. The van der Waals surface area contributed by atoms with Crippen molar-refractivity contribution >= 4 is 18.3 Å². The number of ether oxygens (including phenoxy) is 2. The minimum absolute atomic E-state index is 0. The van der Waals surface area contributed by atoms with Gasteiger partial charge in [-0.2, -0.15) is 0 Å². The standard InChI is InChI=1S/C16H26N2O3.ClH/c1-11(12(2)17)16(19)18-9-5-6-13-7-8-14(20-3)15(10-13)21-4;/h7-8,10-12H,5-6,9,17H2,1-4H3,(H,18,19);1H. The predicted octanol–water partition coefficient (Wildman–Crippen LogP) is 2.16. The molecule has 0 saturated carbocycles. The van der Waals surface area contributed by atoms with Crippen molar-refractivity contribution in [1.29, 1.82) is 0 Å². The van der Waals surface area contributed by atoms with E-state index in [1.165, 1.54) is 0 Å². The van der Waals surface area contributed by atoms with E-state index in [2.05, 4.69) is 5.32 Å². The summed E-state index contributed by atoms with van der Waals surface area (Å²) in [6.07, 6.45) is 1.74. The Bertz CT molecular complexity index is 467. The van der Waals surface area contributed by atoms with Gasteiger partial charge in [-0.15, -0.1) is 12.4 Å². The normalized spacial score (nSPS) is 12.8. The molecule has 0 aliphatic carbocycles. The van der Waals surface area contributed by atoms with Crippen molar-refractivity contribution in [2.24, 2.45) is 11.7 Å². The molecule has 0 heterocycles. The number of halogens is 1. The van der Waals surface area contributed by atoms with Gasteiger partial charge in [0.25, 0.3) is 0 Å². The highest BCUT2D eigenvalue weighted by molar-refractivity contribution is 5.85. The summed E-state index contributed by atoms with van der Waals surface area (Å²) in [7, 11) is 3.24. The molecule has 0 fully saturated rings. The highest BCUT2D eigenvalue weighted by Crippen LogP contribution is 2.27. The van der Waals surface area contributed by atoms with Crippen LogP contribution in [0.2, 0.25) is 0 Å². The van der Waals surface area contributed by atoms with Crippen molar-refractivity contribution in [3.63, 3.8) is 0 Å². The zero-order valence-corrected chi connectivity index (χ0v) is 14.5. The Balaban J connectivity index is 0.00000441. The zero-order valence-electron chi connectivity index (χ0n) is 13.7. The molecule has 1 amide bonds. The highest BCUT2D eigenvalue weighted by Gasteiger charge is 2.15. The molecule has 2 unspecified atom stereocenters. The van der Waals surface area contributed by atoms with E-state index >= 15 is 0 Å². The van der Waals surface area contributed by atoms with Crippen LogP contribution in [-0.2, 0) is 11.2 Å². The smallest absolute Gasteiger partial charge is 0.224 e. The molecule has 0 aliphatic heterocycles. The van der Waals surface area contributed by atoms with Crippen molar-refractivity contribution in [3.8, 4) is 11.5 Å². The molecule has 1 aromatic rings. The van der Waals surface area contributed by atoms with Crippen LogP contribution in [0.15, 0.2) is 18.2 Å². The fourth-order valence-electron chi connectivity index (χ4n) is 1.94. The Morgan fingerprint density at radius 2 is 1.86 bits per heavy atom. The maximum Gasteiger partial charge on any atom is 0.224 e. The van der Waals surface area contributed by atoms with Crippen molar-refractivity contribution in [2.45, 2.75) is 32.7 Å². The molecule has 5 nitrogen and oxygen atoms in total. The monoisotopic (exact) mass is 330 g/mol. The van der Waals surface area contributed by atoms with Gasteiger partial charge in [-0.25, -0.2) is 0 Å². The summed E-state index contributed by atoms with van der Waals surface area (Å²) in [5.74, 6) is 1.30. The number of nitrogens with two attached hydrogens (primary N) is 1. The van der Waals surface area contributed by atoms with Crippen molar-refractivity contribution in [3.05, 3.63) is 23.8 Å². The zero-order chi connectivity index (χ0) is 15.8. The lowest BCUT2D eigenvalue weighted by atomic mass is 10.0. The van der Waals surface area contributed by atoms with E-state index in [1.807, 2.05) is 32.0 Å². The van der Waals surface area contributed by atoms with Gasteiger partial charge in [-0.1, -0.05) is 13.0 Å². The number of hydrogen-bond donors (Lipinski definition) is 2. The van der Waals surface area contributed by atoms with Crippen LogP contribution in [0.5, 0.6) is 11.5 Å². The summed E-state index contributed by atoms with van der Waals surface area (Å²) >= 11 is 0. The number of hydrogen-bond acceptors (Lipinski definition) is 4. The van der Waals surface area contributed by atoms with Crippen LogP contribution in [0.3, 0.4) is 0 Å². The second kappa shape index (κ2) is 10.3. The van der Waals surface area contributed by atoms with Crippen LogP contribution in [0.25, 0.3) is 0 Å². The minimum atomic E-state index is -0.161. The Morgan fingerprint density at radius 1 is 1.23 bits per heavy atom. The Kier molecular flexibility index (Phi) is 9.61. The van der Waals surface area contributed by atoms with E-state index in [0.29, 0.717) is 6.54 Å². The third-order valence-corrected chi connectivity index (χ3v) is 3.59. The maximum atomic E-state index is 11.8. The van der Waals surface area contributed by atoms with Crippen LogP contribution in [-0.4, -0.2) is 32.7 Å². The molecule has 0 spiro atoms. The molecule has 22 heavy (non-hydrogen) atoms. The largest absolute Gasteiger partial charge is 0.493 e. The number of methoxy groups -OCH3 is 2. The van der Waals surface area contributed by atoms with E-state index in [4.69, 9.17) is 15.2 Å². The quantitative estimate of drug-likeness (QED) is 0.716. The number of amides is 1. The fourth-order valence-corrected chi connectivity index (χ4v) is 1.94. The van der Waals surface area contributed by atoms with E-state index < -0.39 is 0 Å². The Hall–Kier alpha value is -1.46. The second-order valence-electron chi connectivity index (χ2n) is 5.23. The molecule has 1 rings (SSSR count). The fraction of sp³-hybridized carbons (Fsp3) is 0.562. The summed E-state index contributed by atoms with van der Waals surface area (Å²) in [5, 5.41) is 2.91. The van der Waals surface area contributed by atoms with Gasteiger partial charge in [0.15, 0.2) is 11.5 Å². The Labute approximate surface area is 139 Å². The number of benzene rings is 1. The third-order valence-electron chi connectivity index (χ3n) is 3.59. The van der Waals surface area contributed by atoms with Gasteiger partial charge in [-0.3, -0.25) is 4.79 Å². The van der Waals surface area contributed by atoms with Crippen LogP contribution in [0, 0.1) is 5.92 Å². The van der Waals surface area contributed by atoms with Crippen LogP contribution >= 0.6 is 12.4 Å². The molecular formula is C16H27ClN2O3. The van der Waals surface area contributed by atoms with Crippen LogP contribution in [0.4, 0.5) is 0 Å². The summed E-state index contributed by atoms with van der Waals surface area (Å²) < 4.78 is 10.5. The average Bonchev–Trinajstić information content (AvgIpc) is 2.49. The molecule has 0 bridgehead atoms. The van der Waals surface area contributed by atoms with Crippen molar-refractivity contribution < 1.29 is 14.3 Å². The number of aryl methyl sites for hydroxylation is 1. The van der Waals surface area contributed by atoms with E-state index in [0.717, 1.165) is 29.9 Å². The van der Waals surface area contributed by atoms with Gasteiger partial charge in [0, 0.05) is 18.5 Å². The average molecular weight is 331 g/mol.